The van der Waals surface area contributed by atoms with Gasteiger partial charge in [0, 0.05) is 32.2 Å². The lowest BCUT2D eigenvalue weighted by Gasteiger charge is -2.37. The number of para-hydroxylation sites is 2. The lowest BCUT2D eigenvalue weighted by molar-refractivity contribution is 0.204. The highest BCUT2D eigenvalue weighted by molar-refractivity contribution is 5.58. The van der Waals surface area contributed by atoms with Gasteiger partial charge in [0.2, 0.25) is 0 Å². The van der Waals surface area contributed by atoms with Crippen molar-refractivity contribution in [2.45, 2.75) is 12.5 Å². The molecule has 1 aromatic carbocycles. The number of benzene rings is 1. The quantitative estimate of drug-likeness (QED) is 0.778. The average Bonchev–Trinajstić information content (AvgIpc) is 2.56. The second kappa shape index (κ2) is 8.22. The first-order valence-electron chi connectivity index (χ1n) is 7.67. The summed E-state index contributed by atoms with van der Waals surface area (Å²) >= 11 is 0. The van der Waals surface area contributed by atoms with Crippen molar-refractivity contribution in [3.05, 3.63) is 24.3 Å². The fourth-order valence-corrected chi connectivity index (χ4v) is 2.77. The summed E-state index contributed by atoms with van der Waals surface area (Å²) < 4.78 is 5.44. The molecule has 0 aliphatic carbocycles. The van der Waals surface area contributed by atoms with E-state index in [2.05, 4.69) is 27.2 Å². The van der Waals surface area contributed by atoms with Gasteiger partial charge in [0.15, 0.2) is 0 Å². The molecule has 1 saturated heterocycles. The predicted octanol–water partition coefficient (Wildman–Crippen LogP) is 0.788. The Bertz CT molecular complexity index is 416. The molecule has 1 heterocycles. The second-order valence-electron chi connectivity index (χ2n) is 5.46. The molecular weight excluding hydrogens is 266 g/mol. The average molecular weight is 293 g/mol. The maximum absolute atomic E-state index is 9.20. The van der Waals surface area contributed by atoms with Gasteiger partial charge >= 0.3 is 0 Å². The van der Waals surface area contributed by atoms with E-state index in [0.717, 1.165) is 44.9 Å². The molecule has 0 spiro atoms. The first-order chi connectivity index (χ1) is 10.3. The molecule has 21 heavy (non-hydrogen) atoms. The summed E-state index contributed by atoms with van der Waals surface area (Å²) in [5, 5.41) is 12.3. The topological polar surface area (TPSA) is 48.0 Å². The van der Waals surface area contributed by atoms with Gasteiger partial charge in [-0.1, -0.05) is 12.1 Å². The summed E-state index contributed by atoms with van der Waals surface area (Å²) in [6.45, 7) is 5.39. The number of aliphatic hydroxyl groups is 1. The van der Waals surface area contributed by atoms with E-state index in [1.54, 1.807) is 7.11 Å². The highest BCUT2D eigenvalue weighted by atomic mass is 16.5. The van der Waals surface area contributed by atoms with Gasteiger partial charge in [0.05, 0.1) is 19.4 Å². The summed E-state index contributed by atoms with van der Waals surface area (Å²) in [6.07, 6.45) is 0.988. The zero-order valence-corrected chi connectivity index (χ0v) is 13.1. The summed E-state index contributed by atoms with van der Waals surface area (Å²) in [7, 11) is 3.63. The fourth-order valence-electron chi connectivity index (χ4n) is 2.77. The molecule has 5 nitrogen and oxygen atoms in total. The Labute approximate surface area is 127 Å². The van der Waals surface area contributed by atoms with Crippen LogP contribution in [0.15, 0.2) is 24.3 Å². The minimum atomic E-state index is 0.206. The SMILES string of the molecule is CNC(CO)CCN1CCN(c2ccccc2OC)CC1. The lowest BCUT2D eigenvalue weighted by atomic mass is 10.2. The molecule has 0 aromatic heterocycles. The van der Waals surface area contributed by atoms with Crippen LogP contribution in [0.1, 0.15) is 6.42 Å². The Morgan fingerprint density at radius 2 is 1.95 bits per heavy atom. The molecule has 5 heteroatoms. The van der Waals surface area contributed by atoms with E-state index in [1.807, 2.05) is 19.2 Å². The number of aliphatic hydroxyl groups excluding tert-OH is 1. The molecule has 1 aromatic rings. The number of anilines is 1. The van der Waals surface area contributed by atoms with Crippen LogP contribution in [0.5, 0.6) is 5.75 Å². The molecule has 118 valence electrons. The van der Waals surface area contributed by atoms with Crippen LogP contribution in [-0.2, 0) is 0 Å². The van der Waals surface area contributed by atoms with Gasteiger partial charge in [-0.3, -0.25) is 4.90 Å². The highest BCUT2D eigenvalue weighted by Crippen LogP contribution is 2.28. The van der Waals surface area contributed by atoms with Crippen LogP contribution in [0.25, 0.3) is 0 Å². The zero-order chi connectivity index (χ0) is 15.1. The summed E-state index contributed by atoms with van der Waals surface area (Å²) in [4.78, 5) is 4.85. The maximum atomic E-state index is 9.20. The van der Waals surface area contributed by atoms with Crippen LogP contribution < -0.4 is 15.0 Å². The van der Waals surface area contributed by atoms with Crippen molar-refractivity contribution in [1.29, 1.82) is 0 Å². The van der Waals surface area contributed by atoms with E-state index in [0.29, 0.717) is 0 Å². The minimum Gasteiger partial charge on any atom is -0.495 e. The van der Waals surface area contributed by atoms with E-state index in [4.69, 9.17) is 4.74 Å². The molecule has 1 unspecified atom stereocenters. The predicted molar refractivity (Wildman–Crippen MR) is 86.2 cm³/mol. The molecular formula is C16H27N3O2. The van der Waals surface area contributed by atoms with Gasteiger partial charge in [0.25, 0.3) is 0 Å². The second-order valence-corrected chi connectivity index (χ2v) is 5.46. The number of piperazine rings is 1. The maximum Gasteiger partial charge on any atom is 0.142 e. The lowest BCUT2D eigenvalue weighted by Crippen LogP contribution is -2.47. The van der Waals surface area contributed by atoms with E-state index in [1.165, 1.54) is 5.69 Å². The summed E-state index contributed by atoms with van der Waals surface area (Å²) in [6, 6.07) is 8.41. The van der Waals surface area contributed by atoms with Gasteiger partial charge in [-0.05, 0) is 32.1 Å². The van der Waals surface area contributed by atoms with Crippen LogP contribution in [0.2, 0.25) is 0 Å². The largest absolute Gasteiger partial charge is 0.495 e. The van der Waals surface area contributed by atoms with E-state index < -0.39 is 0 Å². The summed E-state index contributed by atoms with van der Waals surface area (Å²) in [5.74, 6) is 0.946. The number of likely N-dealkylation sites (N-methyl/N-ethyl adjacent to an activating group) is 1. The number of ether oxygens (including phenoxy) is 1. The van der Waals surface area contributed by atoms with Crippen molar-refractivity contribution in [2.24, 2.45) is 0 Å². The van der Waals surface area contributed by atoms with Crippen LogP contribution >= 0.6 is 0 Å². The van der Waals surface area contributed by atoms with Crippen molar-refractivity contribution < 1.29 is 9.84 Å². The number of rotatable bonds is 7. The third-order valence-electron chi connectivity index (χ3n) is 4.22. The third-order valence-corrected chi connectivity index (χ3v) is 4.22. The fraction of sp³-hybridized carbons (Fsp3) is 0.625. The molecule has 0 amide bonds. The molecule has 0 radical (unpaired) electrons. The van der Waals surface area contributed by atoms with Crippen molar-refractivity contribution in [3.63, 3.8) is 0 Å². The minimum absolute atomic E-state index is 0.206. The standard InChI is InChI=1S/C16H27N3O2/c1-17-14(13-20)7-8-18-9-11-19(12-10-18)15-5-3-4-6-16(15)21-2/h3-6,14,17,20H,7-13H2,1-2H3. The summed E-state index contributed by atoms with van der Waals surface area (Å²) in [5.41, 5.74) is 1.18. The molecule has 1 fully saturated rings. The van der Waals surface area contributed by atoms with Crippen LogP contribution in [-0.4, -0.2) is 69.5 Å². The Hall–Kier alpha value is -1.30. The normalized spacial score (nSPS) is 17.8. The van der Waals surface area contributed by atoms with Crippen LogP contribution in [0.4, 0.5) is 5.69 Å². The smallest absolute Gasteiger partial charge is 0.142 e. The molecule has 2 rings (SSSR count). The zero-order valence-electron chi connectivity index (χ0n) is 13.1. The number of nitrogens with one attached hydrogen (secondary N) is 1. The van der Waals surface area contributed by atoms with E-state index in [-0.39, 0.29) is 12.6 Å². The number of hydrogen-bond donors (Lipinski definition) is 2. The monoisotopic (exact) mass is 293 g/mol. The Morgan fingerprint density at radius 3 is 2.57 bits per heavy atom. The first kappa shape index (κ1) is 16.1. The Balaban J connectivity index is 1.83. The molecule has 0 saturated carbocycles. The van der Waals surface area contributed by atoms with Crippen molar-refractivity contribution in [2.75, 3.05) is 58.4 Å². The molecule has 1 atom stereocenters. The first-order valence-corrected chi connectivity index (χ1v) is 7.67. The molecule has 2 N–H and O–H groups in total. The molecule has 1 aliphatic heterocycles. The van der Waals surface area contributed by atoms with Gasteiger partial charge < -0.3 is 20.1 Å². The Morgan fingerprint density at radius 1 is 1.24 bits per heavy atom. The third kappa shape index (κ3) is 4.33. The van der Waals surface area contributed by atoms with Crippen molar-refractivity contribution in [3.8, 4) is 5.75 Å². The number of nitrogens with zero attached hydrogens (tertiary/aromatic N) is 2. The van der Waals surface area contributed by atoms with Gasteiger partial charge in [0.1, 0.15) is 5.75 Å². The highest BCUT2D eigenvalue weighted by Gasteiger charge is 2.19. The van der Waals surface area contributed by atoms with Crippen LogP contribution in [0, 0.1) is 0 Å². The Kier molecular flexibility index (Phi) is 6.29. The van der Waals surface area contributed by atoms with Crippen LogP contribution in [0.3, 0.4) is 0 Å². The van der Waals surface area contributed by atoms with Gasteiger partial charge in [-0.2, -0.15) is 0 Å². The van der Waals surface area contributed by atoms with Gasteiger partial charge in [-0.25, -0.2) is 0 Å². The van der Waals surface area contributed by atoms with E-state index >= 15 is 0 Å². The van der Waals surface area contributed by atoms with Crippen molar-refractivity contribution >= 4 is 5.69 Å². The van der Waals surface area contributed by atoms with Gasteiger partial charge in [-0.15, -0.1) is 0 Å². The molecule has 0 bridgehead atoms. The van der Waals surface area contributed by atoms with Crippen molar-refractivity contribution in [1.82, 2.24) is 10.2 Å². The number of hydrogen-bond acceptors (Lipinski definition) is 5. The number of methoxy groups -OCH3 is 1. The molecule has 1 aliphatic rings. The van der Waals surface area contributed by atoms with E-state index in [9.17, 15) is 5.11 Å².